The molecule has 1 aliphatic carbocycles. The van der Waals surface area contributed by atoms with Gasteiger partial charge in [-0.05, 0) is 28.7 Å². The van der Waals surface area contributed by atoms with Gasteiger partial charge in [0.15, 0.2) is 0 Å². The number of ketones is 1. The number of carbonyl (C=O) groups excluding carboxylic acids is 2. The minimum Gasteiger partial charge on any atom is -0.480 e. The molecule has 3 rings (SSSR count). The van der Waals surface area contributed by atoms with Crippen LogP contribution >= 0.6 is 0 Å². The first kappa shape index (κ1) is 19.6. The van der Waals surface area contributed by atoms with Crippen LogP contribution in [-0.2, 0) is 14.3 Å². The largest absolute Gasteiger partial charge is 0.480 e. The van der Waals surface area contributed by atoms with Crippen molar-refractivity contribution in [2.24, 2.45) is 0 Å². The number of carbonyl (C=O) groups is 3. The van der Waals surface area contributed by atoms with Crippen LogP contribution in [0.25, 0.3) is 11.1 Å². The molecule has 0 saturated carbocycles. The smallest absolute Gasteiger partial charge is 0.407 e. The Bertz CT molecular complexity index is 847. The summed E-state index contributed by atoms with van der Waals surface area (Å²) in [5.74, 6) is -1.56. The van der Waals surface area contributed by atoms with Crippen molar-refractivity contribution in [3.8, 4) is 11.1 Å². The number of hydrogen-bond donors (Lipinski definition) is 2. The van der Waals surface area contributed by atoms with Crippen molar-refractivity contribution in [3.63, 3.8) is 0 Å². The van der Waals surface area contributed by atoms with Gasteiger partial charge in [0, 0.05) is 18.8 Å². The van der Waals surface area contributed by atoms with Gasteiger partial charge >= 0.3 is 12.1 Å². The van der Waals surface area contributed by atoms with E-state index in [9.17, 15) is 19.5 Å². The van der Waals surface area contributed by atoms with Crippen molar-refractivity contribution in [2.45, 2.75) is 38.1 Å². The molecule has 1 amide bonds. The molecule has 1 unspecified atom stereocenters. The summed E-state index contributed by atoms with van der Waals surface area (Å²) in [4.78, 5) is 35.2. The van der Waals surface area contributed by atoms with E-state index in [1.807, 2.05) is 55.5 Å². The molecule has 6 nitrogen and oxygen atoms in total. The Morgan fingerprint density at radius 3 is 2.14 bits per heavy atom. The molecular weight excluding hydrogens is 358 g/mol. The highest BCUT2D eigenvalue weighted by molar-refractivity contribution is 5.88. The van der Waals surface area contributed by atoms with Crippen molar-refractivity contribution >= 4 is 17.8 Å². The van der Waals surface area contributed by atoms with E-state index in [2.05, 4.69) is 5.32 Å². The number of carboxylic acids is 1. The van der Waals surface area contributed by atoms with Crippen LogP contribution in [0.15, 0.2) is 48.5 Å². The standard InChI is InChI=1S/C22H23NO5/c1-2-7-14(24)12-20(21(25)26)23-22(27)28-13-19-17-10-5-3-8-15(17)16-9-4-6-11-18(16)19/h3-6,8-11,19-20H,2,7,12-13H2,1H3,(H,23,27)(H,25,26). The molecule has 0 radical (unpaired) electrons. The lowest BCUT2D eigenvalue weighted by molar-refractivity contribution is -0.141. The van der Waals surface area contributed by atoms with Gasteiger partial charge in [0.25, 0.3) is 0 Å². The molecule has 2 aromatic carbocycles. The average Bonchev–Trinajstić information content (AvgIpc) is 3.00. The lowest BCUT2D eigenvalue weighted by atomic mass is 9.98. The third-order valence-corrected chi connectivity index (χ3v) is 4.89. The van der Waals surface area contributed by atoms with E-state index in [0.717, 1.165) is 22.3 Å². The Morgan fingerprint density at radius 2 is 1.61 bits per heavy atom. The van der Waals surface area contributed by atoms with Crippen molar-refractivity contribution in [3.05, 3.63) is 59.7 Å². The molecule has 0 bridgehead atoms. The van der Waals surface area contributed by atoms with Crippen molar-refractivity contribution in [2.75, 3.05) is 6.61 Å². The van der Waals surface area contributed by atoms with Crippen LogP contribution in [0.1, 0.15) is 43.2 Å². The molecule has 0 saturated heterocycles. The molecule has 1 atom stereocenters. The van der Waals surface area contributed by atoms with Crippen LogP contribution in [-0.4, -0.2) is 35.6 Å². The number of Topliss-reactive ketones (excluding diaryl/α,β-unsaturated/α-hetero) is 1. The number of alkyl carbamates (subject to hydrolysis) is 1. The zero-order valence-corrected chi connectivity index (χ0v) is 15.7. The van der Waals surface area contributed by atoms with Crippen molar-refractivity contribution in [1.82, 2.24) is 5.32 Å². The van der Waals surface area contributed by atoms with Gasteiger partial charge < -0.3 is 15.2 Å². The number of carboxylic acid groups (broad SMARTS) is 1. The van der Waals surface area contributed by atoms with E-state index in [1.54, 1.807) is 0 Å². The maximum absolute atomic E-state index is 12.2. The fraction of sp³-hybridized carbons (Fsp3) is 0.318. The summed E-state index contributed by atoms with van der Waals surface area (Å²) in [5, 5.41) is 11.6. The average molecular weight is 381 g/mol. The summed E-state index contributed by atoms with van der Waals surface area (Å²) in [5.41, 5.74) is 4.37. The molecule has 28 heavy (non-hydrogen) atoms. The lowest BCUT2D eigenvalue weighted by Crippen LogP contribution is -2.42. The zero-order valence-electron chi connectivity index (χ0n) is 15.7. The summed E-state index contributed by atoms with van der Waals surface area (Å²) >= 11 is 0. The predicted molar refractivity (Wildman–Crippen MR) is 104 cm³/mol. The topological polar surface area (TPSA) is 92.7 Å². The van der Waals surface area contributed by atoms with Crippen molar-refractivity contribution in [1.29, 1.82) is 0 Å². The highest BCUT2D eigenvalue weighted by atomic mass is 16.5. The molecule has 2 N–H and O–H groups in total. The monoisotopic (exact) mass is 381 g/mol. The number of aliphatic carboxylic acids is 1. The minimum absolute atomic E-state index is 0.0924. The van der Waals surface area contributed by atoms with E-state index in [-0.39, 0.29) is 31.1 Å². The Hall–Kier alpha value is -3.15. The molecule has 0 aromatic heterocycles. The second-order valence-corrected chi connectivity index (χ2v) is 6.85. The number of hydrogen-bond acceptors (Lipinski definition) is 4. The Kier molecular flexibility index (Phi) is 6.09. The van der Waals surface area contributed by atoms with Crippen LogP contribution in [0.3, 0.4) is 0 Å². The van der Waals surface area contributed by atoms with Crippen LogP contribution in [0, 0.1) is 0 Å². The van der Waals surface area contributed by atoms with Gasteiger partial charge in [-0.2, -0.15) is 0 Å². The maximum atomic E-state index is 12.2. The van der Waals surface area contributed by atoms with E-state index < -0.39 is 18.1 Å². The van der Waals surface area contributed by atoms with Crippen LogP contribution in [0.4, 0.5) is 4.79 Å². The third-order valence-electron chi connectivity index (χ3n) is 4.89. The van der Waals surface area contributed by atoms with E-state index in [0.29, 0.717) is 6.42 Å². The van der Waals surface area contributed by atoms with Gasteiger partial charge in [-0.3, -0.25) is 4.79 Å². The number of nitrogens with one attached hydrogen (secondary N) is 1. The SMILES string of the molecule is CCCC(=O)CC(NC(=O)OCC1c2ccccc2-c2ccccc21)C(=O)O. The molecule has 0 heterocycles. The number of fused-ring (bicyclic) bond motifs is 3. The van der Waals surface area contributed by atoms with Gasteiger partial charge in [-0.15, -0.1) is 0 Å². The van der Waals surface area contributed by atoms with Crippen LogP contribution in [0.5, 0.6) is 0 Å². The second-order valence-electron chi connectivity index (χ2n) is 6.85. The van der Waals surface area contributed by atoms with Crippen molar-refractivity contribution < 1.29 is 24.2 Å². The molecule has 2 aromatic rings. The Morgan fingerprint density at radius 1 is 1.04 bits per heavy atom. The normalized spacial score (nSPS) is 13.3. The van der Waals surface area contributed by atoms with E-state index in [4.69, 9.17) is 4.74 Å². The van der Waals surface area contributed by atoms with Gasteiger partial charge in [0.2, 0.25) is 0 Å². The highest BCUT2D eigenvalue weighted by Gasteiger charge is 2.30. The first-order valence-corrected chi connectivity index (χ1v) is 9.37. The fourth-order valence-electron chi connectivity index (χ4n) is 3.59. The zero-order chi connectivity index (χ0) is 20.1. The highest BCUT2D eigenvalue weighted by Crippen LogP contribution is 2.44. The van der Waals surface area contributed by atoms with Gasteiger partial charge in [-0.25, -0.2) is 9.59 Å². The number of benzene rings is 2. The summed E-state index contributed by atoms with van der Waals surface area (Å²) in [7, 11) is 0. The quantitative estimate of drug-likeness (QED) is 0.727. The Labute approximate surface area is 163 Å². The Balaban J connectivity index is 1.66. The van der Waals surface area contributed by atoms with Gasteiger partial charge in [0.1, 0.15) is 18.4 Å². The van der Waals surface area contributed by atoms with Gasteiger partial charge in [-0.1, -0.05) is 55.5 Å². The molecule has 0 spiro atoms. The minimum atomic E-state index is -1.28. The second kappa shape index (κ2) is 8.69. The molecule has 0 fully saturated rings. The maximum Gasteiger partial charge on any atom is 0.407 e. The molecular formula is C22H23NO5. The molecule has 1 aliphatic rings. The third kappa shape index (κ3) is 4.22. The van der Waals surface area contributed by atoms with E-state index in [1.165, 1.54) is 0 Å². The molecule has 146 valence electrons. The summed E-state index contributed by atoms with van der Waals surface area (Å²) in [6.07, 6.45) is -0.154. The fourth-order valence-corrected chi connectivity index (χ4v) is 3.59. The number of rotatable bonds is 8. The summed E-state index contributed by atoms with van der Waals surface area (Å²) < 4.78 is 5.34. The summed E-state index contributed by atoms with van der Waals surface area (Å²) in [6, 6.07) is 14.6. The van der Waals surface area contributed by atoms with Gasteiger partial charge in [0.05, 0.1) is 0 Å². The lowest BCUT2D eigenvalue weighted by Gasteiger charge is -2.17. The number of ether oxygens (including phenoxy) is 1. The van der Waals surface area contributed by atoms with E-state index >= 15 is 0 Å². The van der Waals surface area contributed by atoms with Crippen LogP contribution < -0.4 is 5.32 Å². The summed E-state index contributed by atoms with van der Waals surface area (Å²) in [6.45, 7) is 1.93. The predicted octanol–water partition coefficient (Wildman–Crippen LogP) is 3.74. The number of amides is 1. The molecule has 6 heteroatoms. The van der Waals surface area contributed by atoms with Crippen LogP contribution in [0.2, 0.25) is 0 Å². The molecule has 0 aliphatic heterocycles. The first-order valence-electron chi connectivity index (χ1n) is 9.37. The first-order chi connectivity index (χ1) is 13.5.